The van der Waals surface area contributed by atoms with Gasteiger partial charge in [0.1, 0.15) is 5.03 Å². The number of para-hydroxylation sites is 1. The third-order valence-electron chi connectivity index (χ3n) is 5.64. The Morgan fingerprint density at radius 3 is 2.79 bits per heavy atom. The van der Waals surface area contributed by atoms with E-state index in [-0.39, 0.29) is 5.91 Å². The second-order valence-corrected chi connectivity index (χ2v) is 9.51. The Labute approximate surface area is 206 Å². The quantitative estimate of drug-likeness (QED) is 0.395. The van der Waals surface area contributed by atoms with E-state index in [1.807, 2.05) is 6.07 Å². The summed E-state index contributed by atoms with van der Waals surface area (Å²) < 4.78 is 0. The first-order chi connectivity index (χ1) is 16.0. The molecule has 0 fully saturated rings. The van der Waals surface area contributed by atoms with Crippen molar-refractivity contribution in [1.29, 1.82) is 0 Å². The van der Waals surface area contributed by atoms with Crippen LogP contribution in [0.2, 0.25) is 10.0 Å². The number of fused-ring (bicyclic) bond motifs is 2. The number of benzene rings is 2. The number of thioether (sulfide) groups is 1. The Bertz CT molecular complexity index is 1270. The molecule has 2 aromatic carbocycles. The van der Waals surface area contributed by atoms with Crippen molar-refractivity contribution >= 4 is 58.2 Å². The minimum Gasteiger partial charge on any atom is -0.324 e. The van der Waals surface area contributed by atoms with Gasteiger partial charge in [0, 0.05) is 25.0 Å². The molecule has 5 rings (SSSR count). The van der Waals surface area contributed by atoms with Crippen LogP contribution in [-0.2, 0) is 13.0 Å². The predicted molar refractivity (Wildman–Crippen MR) is 134 cm³/mol. The molecule has 2 aliphatic heterocycles. The largest absolute Gasteiger partial charge is 0.324 e. The van der Waals surface area contributed by atoms with Crippen LogP contribution in [0.1, 0.15) is 21.5 Å². The van der Waals surface area contributed by atoms with Gasteiger partial charge in [-0.05, 0) is 41.8 Å². The zero-order valence-corrected chi connectivity index (χ0v) is 19.8. The van der Waals surface area contributed by atoms with Gasteiger partial charge in [0.15, 0.2) is 0 Å². The van der Waals surface area contributed by atoms with Gasteiger partial charge in [-0.1, -0.05) is 53.0 Å². The van der Waals surface area contributed by atoms with Crippen LogP contribution >= 0.6 is 35.0 Å². The number of amides is 1. The molecular weight excluding hydrogens is 477 g/mol. The van der Waals surface area contributed by atoms with Gasteiger partial charge in [-0.2, -0.15) is 0 Å². The second-order valence-electron chi connectivity index (χ2n) is 7.76. The number of nitrogens with one attached hydrogen (secondary N) is 1. The number of hydrogen-bond acceptors (Lipinski definition) is 6. The van der Waals surface area contributed by atoms with Crippen molar-refractivity contribution in [2.45, 2.75) is 18.0 Å². The van der Waals surface area contributed by atoms with Crippen molar-refractivity contribution in [3.05, 3.63) is 69.3 Å². The lowest BCUT2D eigenvalue weighted by Crippen LogP contribution is -2.35. The van der Waals surface area contributed by atoms with Crippen LogP contribution in [0.5, 0.6) is 0 Å². The molecular formula is C24H19Cl2N5OS. The summed E-state index contributed by atoms with van der Waals surface area (Å²) in [6, 6.07) is 11.4. The zero-order valence-electron chi connectivity index (χ0n) is 17.5. The van der Waals surface area contributed by atoms with Crippen molar-refractivity contribution in [2.24, 2.45) is 0 Å². The molecule has 1 N–H and O–H groups in total. The predicted octanol–water partition coefficient (Wildman–Crippen LogP) is 5.23. The Kier molecular flexibility index (Phi) is 6.17. The minimum atomic E-state index is -0.226. The topological polar surface area (TPSA) is 61.4 Å². The van der Waals surface area contributed by atoms with Crippen molar-refractivity contribution in [3.63, 3.8) is 0 Å². The molecule has 0 saturated heterocycles. The average molecular weight is 496 g/mol. The minimum absolute atomic E-state index is 0.226. The van der Waals surface area contributed by atoms with E-state index in [1.54, 1.807) is 29.3 Å². The van der Waals surface area contributed by atoms with Gasteiger partial charge < -0.3 is 5.32 Å². The van der Waals surface area contributed by atoms with Crippen molar-refractivity contribution in [2.75, 3.05) is 29.2 Å². The van der Waals surface area contributed by atoms with E-state index in [2.05, 4.69) is 38.2 Å². The highest BCUT2D eigenvalue weighted by molar-refractivity contribution is 7.99. The monoisotopic (exact) mass is 495 g/mol. The first kappa shape index (κ1) is 22.1. The SMILES string of the molecule is C#CCN1CCc2cc(Nc3ncc4c(n3)SCN(c3c(Cl)cccc3Cl)C4=O)ccc2C1. The number of aromatic nitrogens is 2. The van der Waals surface area contributed by atoms with E-state index in [9.17, 15) is 4.79 Å². The smallest absolute Gasteiger partial charge is 0.263 e. The third-order valence-corrected chi connectivity index (χ3v) is 7.22. The fraction of sp³-hybridized carbons (Fsp3) is 0.208. The molecule has 6 nitrogen and oxygen atoms in total. The van der Waals surface area contributed by atoms with Gasteiger partial charge in [-0.15, -0.1) is 6.42 Å². The number of nitrogens with zero attached hydrogens (tertiary/aromatic N) is 4. The molecule has 1 amide bonds. The summed E-state index contributed by atoms with van der Waals surface area (Å²) in [6.45, 7) is 2.47. The Morgan fingerprint density at radius 2 is 2.00 bits per heavy atom. The molecule has 0 atom stereocenters. The van der Waals surface area contributed by atoms with Crippen molar-refractivity contribution < 1.29 is 4.79 Å². The highest BCUT2D eigenvalue weighted by atomic mass is 35.5. The van der Waals surface area contributed by atoms with Crippen molar-refractivity contribution in [3.8, 4) is 12.3 Å². The van der Waals surface area contributed by atoms with Crippen molar-refractivity contribution in [1.82, 2.24) is 14.9 Å². The molecule has 9 heteroatoms. The van der Waals surface area contributed by atoms with Crippen LogP contribution in [0.4, 0.5) is 17.3 Å². The normalized spacial score (nSPS) is 15.5. The molecule has 0 aliphatic carbocycles. The number of carbonyl (C=O) groups excluding carboxylic acids is 1. The molecule has 0 bridgehead atoms. The van der Waals surface area contributed by atoms with Crippen LogP contribution in [0.15, 0.2) is 47.6 Å². The molecule has 3 heterocycles. The van der Waals surface area contributed by atoms with Crippen LogP contribution < -0.4 is 10.2 Å². The highest BCUT2D eigenvalue weighted by Crippen LogP contribution is 2.39. The fourth-order valence-electron chi connectivity index (χ4n) is 4.01. The average Bonchev–Trinajstić information content (AvgIpc) is 2.81. The molecule has 0 spiro atoms. The standard InChI is InChI=1S/C24H19Cl2N5OS/c1-2-9-30-10-8-15-11-17(7-6-16(15)13-30)28-24-27-12-18-22(29-24)33-14-31(23(18)32)21-19(25)4-3-5-20(21)26/h1,3-7,11-12H,8-10,13-14H2,(H,27,28,29). The summed E-state index contributed by atoms with van der Waals surface area (Å²) in [4.78, 5) is 25.9. The third kappa shape index (κ3) is 4.40. The lowest BCUT2D eigenvalue weighted by atomic mass is 9.99. The number of halogens is 2. The Hall–Kier alpha value is -2.76. The van der Waals surface area contributed by atoms with Gasteiger partial charge in [0.05, 0.1) is 33.7 Å². The molecule has 2 aliphatic rings. The fourth-order valence-corrected chi connectivity index (χ4v) is 5.55. The lowest BCUT2D eigenvalue weighted by Gasteiger charge is -2.29. The number of terminal acetylenes is 1. The highest BCUT2D eigenvalue weighted by Gasteiger charge is 2.30. The first-order valence-corrected chi connectivity index (χ1v) is 12.1. The van der Waals surface area contributed by atoms with E-state index >= 15 is 0 Å². The molecule has 0 unspecified atom stereocenters. The maximum absolute atomic E-state index is 13.1. The van der Waals surface area contributed by atoms with Crippen LogP contribution in [0.25, 0.3) is 0 Å². The number of anilines is 3. The molecule has 166 valence electrons. The summed E-state index contributed by atoms with van der Waals surface area (Å²) >= 11 is 14.0. The Balaban J connectivity index is 1.34. The van der Waals surface area contributed by atoms with Gasteiger partial charge >= 0.3 is 0 Å². The van der Waals surface area contributed by atoms with Gasteiger partial charge in [0.25, 0.3) is 5.91 Å². The maximum atomic E-state index is 13.1. The Morgan fingerprint density at radius 1 is 1.18 bits per heavy atom. The number of carbonyl (C=O) groups is 1. The second kappa shape index (κ2) is 9.24. The number of hydrogen-bond donors (Lipinski definition) is 1. The summed E-state index contributed by atoms with van der Waals surface area (Å²) in [5.74, 6) is 3.29. The molecule has 0 radical (unpaired) electrons. The van der Waals surface area contributed by atoms with E-state index in [1.165, 1.54) is 22.9 Å². The molecule has 3 aromatic rings. The summed E-state index contributed by atoms with van der Waals surface area (Å²) in [6.07, 6.45) is 7.94. The first-order valence-electron chi connectivity index (χ1n) is 10.3. The van der Waals surface area contributed by atoms with Crippen LogP contribution in [0.3, 0.4) is 0 Å². The van der Waals surface area contributed by atoms with E-state index in [0.717, 1.165) is 25.2 Å². The van der Waals surface area contributed by atoms with Crippen LogP contribution in [0, 0.1) is 12.3 Å². The summed E-state index contributed by atoms with van der Waals surface area (Å²) in [7, 11) is 0. The number of rotatable bonds is 4. The summed E-state index contributed by atoms with van der Waals surface area (Å²) in [5.41, 5.74) is 4.42. The zero-order chi connectivity index (χ0) is 22.9. The lowest BCUT2D eigenvalue weighted by molar-refractivity contribution is 0.0985. The van der Waals surface area contributed by atoms with E-state index in [0.29, 0.717) is 44.7 Å². The van der Waals surface area contributed by atoms with E-state index < -0.39 is 0 Å². The van der Waals surface area contributed by atoms with Gasteiger partial charge in [-0.25, -0.2) is 9.97 Å². The van der Waals surface area contributed by atoms with Crippen LogP contribution in [-0.4, -0.2) is 39.7 Å². The molecule has 1 aromatic heterocycles. The maximum Gasteiger partial charge on any atom is 0.263 e. The molecule has 33 heavy (non-hydrogen) atoms. The summed E-state index contributed by atoms with van der Waals surface area (Å²) in [5, 5.41) is 4.74. The molecule has 0 saturated carbocycles. The van der Waals surface area contributed by atoms with Gasteiger partial charge in [-0.3, -0.25) is 14.6 Å². The van der Waals surface area contributed by atoms with E-state index in [4.69, 9.17) is 29.6 Å². The van der Waals surface area contributed by atoms with Gasteiger partial charge in [0.2, 0.25) is 5.95 Å².